The Labute approximate surface area is 130 Å². The number of hydrogen-bond donors (Lipinski definition) is 2. The van der Waals surface area contributed by atoms with Crippen LogP contribution in [0.15, 0.2) is 36.7 Å². The third-order valence-electron chi connectivity index (χ3n) is 3.10. The number of ether oxygens (including phenoxy) is 1. The molecule has 0 saturated carbocycles. The summed E-state index contributed by atoms with van der Waals surface area (Å²) in [4.78, 5) is 7.31. The van der Waals surface area contributed by atoms with Crippen molar-refractivity contribution >= 4 is 11.6 Å². The van der Waals surface area contributed by atoms with Crippen LogP contribution < -0.4 is 10.1 Å². The molecule has 5 heteroatoms. The summed E-state index contributed by atoms with van der Waals surface area (Å²) in [5, 5.41) is 4.06. The minimum Gasteiger partial charge on any atom is -0.485 e. The molecule has 0 bridgehead atoms. The van der Waals surface area contributed by atoms with E-state index in [1.807, 2.05) is 30.5 Å². The average molecular weight is 308 g/mol. The molecule has 0 radical (unpaired) electrons. The van der Waals surface area contributed by atoms with Crippen LogP contribution in [0, 0.1) is 0 Å². The van der Waals surface area contributed by atoms with E-state index in [2.05, 4.69) is 29.1 Å². The van der Waals surface area contributed by atoms with Crippen LogP contribution in [-0.2, 0) is 6.42 Å². The fourth-order valence-electron chi connectivity index (χ4n) is 2.07. The number of nitrogens with one attached hydrogen (secondary N) is 2. The fraction of sp³-hybridized carbons (Fsp3) is 0.438. The Balaban J connectivity index is 1.70. The molecule has 0 aliphatic carbocycles. The van der Waals surface area contributed by atoms with Gasteiger partial charge in [0.2, 0.25) is 0 Å². The molecule has 1 aromatic carbocycles. The number of hydrogen-bond acceptors (Lipinski definition) is 3. The zero-order valence-corrected chi connectivity index (χ0v) is 13.3. The monoisotopic (exact) mass is 307 g/mol. The lowest BCUT2D eigenvalue weighted by atomic mass is 10.1. The molecule has 0 unspecified atom stereocenters. The van der Waals surface area contributed by atoms with Gasteiger partial charge in [-0.25, -0.2) is 4.98 Å². The van der Waals surface area contributed by atoms with Crippen molar-refractivity contribution in [3.63, 3.8) is 0 Å². The fourth-order valence-corrected chi connectivity index (χ4v) is 2.24. The Bertz CT molecular complexity index is 540. The number of benzene rings is 1. The van der Waals surface area contributed by atoms with E-state index in [1.54, 1.807) is 6.20 Å². The molecular weight excluding hydrogens is 286 g/mol. The highest BCUT2D eigenvalue weighted by atomic mass is 35.5. The molecule has 0 aliphatic heterocycles. The topological polar surface area (TPSA) is 49.9 Å². The second-order valence-electron chi connectivity index (χ2n) is 5.61. The maximum atomic E-state index is 6.12. The van der Waals surface area contributed by atoms with Crippen LogP contribution in [0.25, 0.3) is 0 Å². The van der Waals surface area contributed by atoms with Crippen LogP contribution in [0.3, 0.4) is 0 Å². The van der Waals surface area contributed by atoms with E-state index in [4.69, 9.17) is 16.3 Å². The van der Waals surface area contributed by atoms with Crippen LogP contribution in [0.2, 0.25) is 5.02 Å². The number of para-hydroxylation sites is 1. The van der Waals surface area contributed by atoms with Gasteiger partial charge in [-0.15, -0.1) is 0 Å². The van der Waals surface area contributed by atoms with E-state index >= 15 is 0 Å². The number of aromatic amines is 1. The number of aryl methyl sites for hydroxylation is 1. The SMILES string of the molecule is CC(C)(CNCCCc1ncc[nH]1)Oc1ccccc1Cl. The van der Waals surface area contributed by atoms with E-state index in [0.717, 1.165) is 37.5 Å². The van der Waals surface area contributed by atoms with Crippen molar-refractivity contribution in [1.29, 1.82) is 0 Å². The predicted molar refractivity (Wildman–Crippen MR) is 85.9 cm³/mol. The maximum Gasteiger partial charge on any atom is 0.138 e. The number of halogens is 1. The van der Waals surface area contributed by atoms with Gasteiger partial charge in [-0.3, -0.25) is 0 Å². The van der Waals surface area contributed by atoms with Crippen LogP contribution in [0.5, 0.6) is 5.75 Å². The molecule has 0 atom stereocenters. The number of H-pyrrole nitrogens is 1. The first-order valence-corrected chi connectivity index (χ1v) is 7.57. The Morgan fingerprint density at radius 3 is 2.86 bits per heavy atom. The van der Waals surface area contributed by atoms with Crippen LogP contribution in [0.4, 0.5) is 0 Å². The smallest absolute Gasteiger partial charge is 0.138 e. The summed E-state index contributed by atoms with van der Waals surface area (Å²) in [6.45, 7) is 5.79. The summed E-state index contributed by atoms with van der Waals surface area (Å²) in [6, 6.07) is 7.55. The summed E-state index contributed by atoms with van der Waals surface area (Å²) in [7, 11) is 0. The molecule has 1 heterocycles. The van der Waals surface area contributed by atoms with Crippen molar-refractivity contribution in [3.05, 3.63) is 47.5 Å². The first kappa shape index (κ1) is 15.9. The molecule has 0 saturated heterocycles. The van der Waals surface area contributed by atoms with Crippen LogP contribution in [-0.4, -0.2) is 28.7 Å². The molecule has 0 aliphatic rings. The predicted octanol–water partition coefficient (Wildman–Crippen LogP) is 3.44. The van der Waals surface area contributed by atoms with Crippen molar-refractivity contribution in [3.8, 4) is 5.75 Å². The summed E-state index contributed by atoms with van der Waals surface area (Å²) >= 11 is 6.12. The highest BCUT2D eigenvalue weighted by molar-refractivity contribution is 6.32. The summed E-state index contributed by atoms with van der Waals surface area (Å²) in [6.07, 6.45) is 5.62. The molecule has 21 heavy (non-hydrogen) atoms. The lowest BCUT2D eigenvalue weighted by molar-refractivity contribution is 0.108. The van der Waals surface area contributed by atoms with E-state index < -0.39 is 0 Å². The number of aromatic nitrogens is 2. The van der Waals surface area contributed by atoms with Crippen LogP contribution >= 0.6 is 11.6 Å². The van der Waals surface area contributed by atoms with E-state index in [9.17, 15) is 0 Å². The van der Waals surface area contributed by atoms with Gasteiger partial charge in [-0.2, -0.15) is 0 Å². The van der Waals surface area contributed by atoms with E-state index in [0.29, 0.717) is 5.02 Å². The highest BCUT2D eigenvalue weighted by Crippen LogP contribution is 2.26. The Kier molecular flexibility index (Phi) is 5.65. The lowest BCUT2D eigenvalue weighted by Gasteiger charge is -2.27. The van der Waals surface area contributed by atoms with Gasteiger partial charge in [-0.1, -0.05) is 23.7 Å². The molecule has 2 aromatic rings. The molecule has 0 spiro atoms. The second kappa shape index (κ2) is 7.48. The largest absolute Gasteiger partial charge is 0.485 e. The van der Waals surface area contributed by atoms with Crippen molar-refractivity contribution in [2.45, 2.75) is 32.3 Å². The molecular formula is C16H22ClN3O. The van der Waals surface area contributed by atoms with Crippen LogP contribution in [0.1, 0.15) is 26.1 Å². The highest BCUT2D eigenvalue weighted by Gasteiger charge is 2.20. The Morgan fingerprint density at radius 2 is 2.14 bits per heavy atom. The average Bonchev–Trinajstić information content (AvgIpc) is 2.94. The van der Waals surface area contributed by atoms with Gasteiger partial charge >= 0.3 is 0 Å². The molecule has 0 amide bonds. The van der Waals surface area contributed by atoms with Gasteiger partial charge in [0.1, 0.15) is 17.2 Å². The zero-order valence-electron chi connectivity index (χ0n) is 12.5. The minimum atomic E-state index is -0.310. The molecule has 2 N–H and O–H groups in total. The lowest BCUT2D eigenvalue weighted by Crippen LogP contribution is -2.40. The van der Waals surface area contributed by atoms with Gasteiger partial charge in [-0.05, 0) is 38.9 Å². The summed E-state index contributed by atoms with van der Waals surface area (Å²) < 4.78 is 5.97. The molecule has 0 fully saturated rings. The molecule has 4 nitrogen and oxygen atoms in total. The normalized spacial score (nSPS) is 11.6. The van der Waals surface area contributed by atoms with Gasteiger partial charge < -0.3 is 15.0 Å². The van der Waals surface area contributed by atoms with Crippen molar-refractivity contribution < 1.29 is 4.74 Å². The standard InChI is InChI=1S/C16H22ClN3O/c1-16(2,21-14-7-4-3-6-13(14)17)12-18-9-5-8-15-19-10-11-20-15/h3-4,6-7,10-11,18H,5,8-9,12H2,1-2H3,(H,19,20). The number of rotatable bonds is 8. The Hall–Kier alpha value is -1.52. The first-order valence-electron chi connectivity index (χ1n) is 7.19. The first-order chi connectivity index (χ1) is 10.1. The molecule has 2 rings (SSSR count). The summed E-state index contributed by atoms with van der Waals surface area (Å²) in [5.41, 5.74) is -0.310. The zero-order chi connectivity index (χ0) is 15.1. The number of nitrogens with zero attached hydrogens (tertiary/aromatic N) is 1. The third-order valence-corrected chi connectivity index (χ3v) is 3.41. The summed E-state index contributed by atoms with van der Waals surface area (Å²) in [5.74, 6) is 1.75. The number of imidazole rings is 1. The van der Waals surface area contributed by atoms with Gasteiger partial charge in [0.25, 0.3) is 0 Å². The molecule has 1 aromatic heterocycles. The second-order valence-corrected chi connectivity index (χ2v) is 6.02. The van der Waals surface area contributed by atoms with Gasteiger partial charge in [0.15, 0.2) is 0 Å². The van der Waals surface area contributed by atoms with Gasteiger partial charge in [0.05, 0.1) is 5.02 Å². The van der Waals surface area contributed by atoms with Crippen molar-refractivity contribution in [2.75, 3.05) is 13.1 Å². The van der Waals surface area contributed by atoms with E-state index in [1.165, 1.54) is 0 Å². The maximum absolute atomic E-state index is 6.12. The quantitative estimate of drug-likeness (QED) is 0.735. The van der Waals surface area contributed by atoms with E-state index in [-0.39, 0.29) is 5.60 Å². The Morgan fingerprint density at radius 1 is 1.33 bits per heavy atom. The third kappa shape index (κ3) is 5.40. The molecule has 114 valence electrons. The minimum absolute atomic E-state index is 0.310. The van der Waals surface area contributed by atoms with Gasteiger partial charge in [0, 0.05) is 25.4 Å². The van der Waals surface area contributed by atoms with Crippen molar-refractivity contribution in [2.24, 2.45) is 0 Å². The van der Waals surface area contributed by atoms with Crippen molar-refractivity contribution in [1.82, 2.24) is 15.3 Å².